The molecular weight excluding hydrogens is 194 g/mol. The van der Waals surface area contributed by atoms with Gasteiger partial charge in [-0.1, -0.05) is 51.5 Å². The van der Waals surface area contributed by atoms with Crippen LogP contribution in [0.15, 0.2) is 24.3 Å². The first-order valence-electron chi connectivity index (χ1n) is 6.48. The first-order valence-corrected chi connectivity index (χ1v) is 6.48. The molecular formula is C15H25N. The van der Waals surface area contributed by atoms with E-state index in [1.165, 1.54) is 17.5 Å². The van der Waals surface area contributed by atoms with Gasteiger partial charge in [-0.15, -0.1) is 0 Å². The molecule has 0 aromatic heterocycles. The molecule has 90 valence electrons. The number of hydrogen-bond donors (Lipinski definition) is 1. The van der Waals surface area contributed by atoms with Gasteiger partial charge in [0.1, 0.15) is 0 Å². The summed E-state index contributed by atoms with van der Waals surface area (Å²) in [6.07, 6.45) is 4.55. The lowest BCUT2D eigenvalue weighted by Gasteiger charge is -2.11. The lowest BCUT2D eigenvalue weighted by molar-refractivity contribution is 0.561. The lowest BCUT2D eigenvalue weighted by atomic mass is 9.98. The zero-order valence-corrected chi connectivity index (χ0v) is 10.9. The highest BCUT2D eigenvalue weighted by Gasteiger charge is 2.03. The molecule has 0 heterocycles. The summed E-state index contributed by atoms with van der Waals surface area (Å²) < 4.78 is 0. The zero-order valence-electron chi connectivity index (χ0n) is 10.9. The number of benzene rings is 1. The van der Waals surface area contributed by atoms with Crippen LogP contribution in [0.2, 0.25) is 0 Å². The Morgan fingerprint density at radius 2 is 1.69 bits per heavy atom. The van der Waals surface area contributed by atoms with Crippen LogP contribution in [0.5, 0.6) is 0 Å². The van der Waals surface area contributed by atoms with Gasteiger partial charge in [-0.3, -0.25) is 0 Å². The fraction of sp³-hybridized carbons (Fsp3) is 0.600. The summed E-state index contributed by atoms with van der Waals surface area (Å²) in [7, 11) is 0. The van der Waals surface area contributed by atoms with Crippen molar-refractivity contribution >= 4 is 0 Å². The second-order valence-electron chi connectivity index (χ2n) is 4.98. The van der Waals surface area contributed by atoms with E-state index >= 15 is 0 Å². The molecule has 1 unspecified atom stereocenters. The van der Waals surface area contributed by atoms with Crippen molar-refractivity contribution in [1.82, 2.24) is 0 Å². The van der Waals surface area contributed by atoms with Crippen LogP contribution >= 0.6 is 0 Å². The zero-order chi connectivity index (χ0) is 12.0. The van der Waals surface area contributed by atoms with E-state index < -0.39 is 0 Å². The predicted molar refractivity (Wildman–Crippen MR) is 71.7 cm³/mol. The average molecular weight is 219 g/mol. The molecule has 1 aromatic carbocycles. The highest BCUT2D eigenvalue weighted by atomic mass is 14.6. The van der Waals surface area contributed by atoms with Crippen LogP contribution in [0.3, 0.4) is 0 Å². The largest absolute Gasteiger partial charge is 0.328 e. The molecule has 0 aliphatic carbocycles. The maximum Gasteiger partial charge on any atom is 0.00418 e. The van der Waals surface area contributed by atoms with Gasteiger partial charge in [0.15, 0.2) is 0 Å². The van der Waals surface area contributed by atoms with Gasteiger partial charge < -0.3 is 5.73 Å². The van der Waals surface area contributed by atoms with Gasteiger partial charge in [-0.05, 0) is 36.3 Å². The standard InChI is InChI=1S/C15H25N/c1-4-5-15(16)11-8-13-6-9-14(10-7-13)12(2)3/h6-7,9-10,12,15H,4-5,8,11,16H2,1-3H3. The third kappa shape index (κ3) is 4.36. The van der Waals surface area contributed by atoms with Crippen LogP contribution in [0.4, 0.5) is 0 Å². The summed E-state index contributed by atoms with van der Waals surface area (Å²) >= 11 is 0. The SMILES string of the molecule is CCCC(N)CCc1ccc(C(C)C)cc1. The van der Waals surface area contributed by atoms with Crippen LogP contribution < -0.4 is 5.73 Å². The van der Waals surface area contributed by atoms with E-state index in [-0.39, 0.29) is 0 Å². The molecule has 1 atom stereocenters. The van der Waals surface area contributed by atoms with E-state index in [1.807, 2.05) is 0 Å². The molecule has 0 fully saturated rings. The van der Waals surface area contributed by atoms with Crippen LogP contribution in [-0.4, -0.2) is 6.04 Å². The van der Waals surface area contributed by atoms with Crippen molar-refractivity contribution in [3.05, 3.63) is 35.4 Å². The first kappa shape index (κ1) is 13.2. The van der Waals surface area contributed by atoms with Crippen molar-refractivity contribution in [2.24, 2.45) is 5.73 Å². The third-order valence-corrected chi connectivity index (χ3v) is 3.11. The molecule has 0 saturated heterocycles. The van der Waals surface area contributed by atoms with Crippen molar-refractivity contribution in [3.8, 4) is 0 Å². The number of aryl methyl sites for hydroxylation is 1. The predicted octanol–water partition coefficient (Wildman–Crippen LogP) is 3.87. The Balaban J connectivity index is 2.43. The monoisotopic (exact) mass is 219 g/mol. The fourth-order valence-electron chi connectivity index (χ4n) is 1.94. The molecule has 1 aromatic rings. The van der Waals surface area contributed by atoms with Crippen molar-refractivity contribution in [1.29, 1.82) is 0 Å². The normalized spacial score (nSPS) is 13.1. The Bertz CT molecular complexity index is 287. The van der Waals surface area contributed by atoms with Crippen molar-refractivity contribution in [2.45, 2.75) is 58.4 Å². The van der Waals surface area contributed by atoms with Gasteiger partial charge in [0.2, 0.25) is 0 Å². The minimum absolute atomic E-state index is 0.370. The smallest absolute Gasteiger partial charge is 0.00418 e. The minimum atomic E-state index is 0.370. The topological polar surface area (TPSA) is 26.0 Å². The number of nitrogens with two attached hydrogens (primary N) is 1. The Kier molecular flexibility index (Phi) is 5.54. The molecule has 0 spiro atoms. The minimum Gasteiger partial charge on any atom is -0.328 e. The molecule has 0 saturated carbocycles. The van der Waals surface area contributed by atoms with E-state index in [9.17, 15) is 0 Å². The highest BCUT2D eigenvalue weighted by Crippen LogP contribution is 2.16. The second-order valence-corrected chi connectivity index (χ2v) is 4.98. The van der Waals surface area contributed by atoms with Crippen molar-refractivity contribution < 1.29 is 0 Å². The number of rotatable bonds is 6. The van der Waals surface area contributed by atoms with Crippen LogP contribution in [0, 0.1) is 0 Å². The molecule has 0 amide bonds. The maximum absolute atomic E-state index is 6.01. The van der Waals surface area contributed by atoms with Crippen LogP contribution in [-0.2, 0) is 6.42 Å². The molecule has 16 heavy (non-hydrogen) atoms. The summed E-state index contributed by atoms with van der Waals surface area (Å²) in [5, 5.41) is 0. The Morgan fingerprint density at radius 3 is 2.19 bits per heavy atom. The average Bonchev–Trinajstić information content (AvgIpc) is 2.27. The third-order valence-electron chi connectivity index (χ3n) is 3.11. The summed E-state index contributed by atoms with van der Waals surface area (Å²) in [4.78, 5) is 0. The molecule has 0 aliphatic rings. The summed E-state index contributed by atoms with van der Waals surface area (Å²) in [6.45, 7) is 6.65. The lowest BCUT2D eigenvalue weighted by Crippen LogP contribution is -2.20. The van der Waals surface area contributed by atoms with Gasteiger partial charge in [0.05, 0.1) is 0 Å². The first-order chi connectivity index (χ1) is 7.63. The summed E-state index contributed by atoms with van der Waals surface area (Å²) in [5.74, 6) is 0.622. The van der Waals surface area contributed by atoms with E-state index in [4.69, 9.17) is 5.73 Å². The second kappa shape index (κ2) is 6.70. The van der Waals surface area contributed by atoms with Crippen molar-refractivity contribution in [2.75, 3.05) is 0 Å². The Labute approximate surface area is 100 Å². The van der Waals surface area contributed by atoms with Crippen LogP contribution in [0.25, 0.3) is 0 Å². The molecule has 0 bridgehead atoms. The van der Waals surface area contributed by atoms with Gasteiger partial charge in [0.25, 0.3) is 0 Å². The molecule has 0 radical (unpaired) electrons. The van der Waals surface area contributed by atoms with Crippen molar-refractivity contribution in [3.63, 3.8) is 0 Å². The Hall–Kier alpha value is -0.820. The van der Waals surface area contributed by atoms with E-state index in [2.05, 4.69) is 45.0 Å². The summed E-state index contributed by atoms with van der Waals surface area (Å²) in [5.41, 5.74) is 8.84. The van der Waals surface area contributed by atoms with E-state index in [1.54, 1.807) is 0 Å². The molecule has 1 nitrogen and oxygen atoms in total. The molecule has 0 aliphatic heterocycles. The van der Waals surface area contributed by atoms with Gasteiger partial charge in [0, 0.05) is 6.04 Å². The Morgan fingerprint density at radius 1 is 1.06 bits per heavy atom. The van der Waals surface area contributed by atoms with E-state index in [0.29, 0.717) is 12.0 Å². The van der Waals surface area contributed by atoms with Gasteiger partial charge >= 0.3 is 0 Å². The maximum atomic E-state index is 6.01. The molecule has 2 N–H and O–H groups in total. The van der Waals surface area contributed by atoms with Gasteiger partial charge in [-0.25, -0.2) is 0 Å². The quantitative estimate of drug-likeness (QED) is 0.772. The highest BCUT2D eigenvalue weighted by molar-refractivity contribution is 5.24. The molecule has 1 rings (SSSR count). The molecule has 1 heteroatoms. The van der Waals surface area contributed by atoms with Gasteiger partial charge in [-0.2, -0.15) is 0 Å². The number of hydrogen-bond acceptors (Lipinski definition) is 1. The van der Waals surface area contributed by atoms with Crippen LogP contribution in [0.1, 0.15) is 57.1 Å². The summed E-state index contributed by atoms with van der Waals surface area (Å²) in [6, 6.07) is 9.34. The fourth-order valence-corrected chi connectivity index (χ4v) is 1.94. The van der Waals surface area contributed by atoms with E-state index in [0.717, 1.165) is 19.3 Å².